The van der Waals surface area contributed by atoms with E-state index in [0.29, 0.717) is 29.4 Å². The van der Waals surface area contributed by atoms with Gasteiger partial charge < -0.3 is 14.6 Å². The number of carbonyl (C=O) groups excluding carboxylic acids is 1. The summed E-state index contributed by atoms with van der Waals surface area (Å²) in [4.78, 5) is 24.0. The molecule has 0 aliphatic carbocycles. The predicted octanol–water partition coefficient (Wildman–Crippen LogP) is 6.49. The number of benzene rings is 3. The lowest BCUT2D eigenvalue weighted by Crippen LogP contribution is -2.44. The summed E-state index contributed by atoms with van der Waals surface area (Å²) < 4.78 is 20.8. The van der Waals surface area contributed by atoms with Crippen LogP contribution in [0, 0.1) is 12.7 Å². The van der Waals surface area contributed by atoms with Crippen LogP contribution in [0.1, 0.15) is 41.5 Å². The molecular formula is C27H25ClFN3O2. The highest BCUT2D eigenvalue weighted by Crippen LogP contribution is 2.41. The molecule has 1 amide bonds. The highest BCUT2D eigenvalue weighted by Gasteiger charge is 2.45. The van der Waals surface area contributed by atoms with E-state index in [9.17, 15) is 4.79 Å². The van der Waals surface area contributed by atoms with Crippen molar-refractivity contribution < 1.29 is 13.9 Å². The Labute approximate surface area is 202 Å². The van der Waals surface area contributed by atoms with Crippen molar-refractivity contribution in [1.29, 1.82) is 0 Å². The van der Waals surface area contributed by atoms with Gasteiger partial charge in [0.2, 0.25) is 0 Å². The number of methoxy groups -OCH3 is 1. The molecule has 174 valence electrons. The number of rotatable bonds is 4. The molecule has 1 fully saturated rings. The second kappa shape index (κ2) is 8.44. The van der Waals surface area contributed by atoms with Gasteiger partial charge in [0.15, 0.2) is 11.6 Å². The molecule has 0 spiro atoms. The Hall–Kier alpha value is -3.38. The van der Waals surface area contributed by atoms with E-state index in [1.54, 1.807) is 17.0 Å². The summed E-state index contributed by atoms with van der Waals surface area (Å²) >= 11 is 6.30. The van der Waals surface area contributed by atoms with Crippen molar-refractivity contribution in [3.63, 3.8) is 0 Å². The Kier molecular flexibility index (Phi) is 5.56. The van der Waals surface area contributed by atoms with Crippen LogP contribution in [0.5, 0.6) is 5.75 Å². The summed E-state index contributed by atoms with van der Waals surface area (Å²) in [6, 6.07) is 16.4. The lowest BCUT2D eigenvalue weighted by Gasteiger charge is -2.34. The van der Waals surface area contributed by atoms with Gasteiger partial charge in [-0.15, -0.1) is 0 Å². The molecule has 1 N–H and O–H groups in total. The van der Waals surface area contributed by atoms with Gasteiger partial charge >= 0.3 is 0 Å². The Bertz CT molecular complexity index is 1400. The number of aromatic nitrogens is 2. The smallest absolute Gasteiger partial charge is 0.258 e. The summed E-state index contributed by atoms with van der Waals surface area (Å²) in [5, 5.41) is 0.640. The standard InChI is InChI=1S/C27H25ClFN3O2/c1-16-19(28)11-12-20-24(16)31-26(30-20)27(2)14-7-15-32(27)25(33)22-18(17-8-5-4-6-9-17)10-13-21(34-3)23(22)29/h4-6,8-13H,7,14-15H2,1-3H3,(H,30,31). The number of carbonyl (C=O) groups is 1. The second-order valence-electron chi connectivity index (χ2n) is 8.86. The van der Waals surface area contributed by atoms with E-state index in [0.717, 1.165) is 28.6 Å². The molecule has 0 saturated carbocycles. The van der Waals surface area contributed by atoms with Crippen molar-refractivity contribution in [3.8, 4) is 16.9 Å². The number of nitrogens with zero attached hydrogens (tertiary/aromatic N) is 2. The van der Waals surface area contributed by atoms with E-state index in [-0.39, 0.29) is 17.2 Å². The molecule has 1 atom stereocenters. The maximum absolute atomic E-state index is 15.6. The normalized spacial score (nSPS) is 18.0. The fourth-order valence-corrected chi connectivity index (χ4v) is 5.05. The van der Waals surface area contributed by atoms with Crippen LogP contribution in [-0.4, -0.2) is 34.4 Å². The van der Waals surface area contributed by atoms with E-state index < -0.39 is 11.4 Å². The number of H-pyrrole nitrogens is 1. The fraction of sp³-hybridized carbons (Fsp3) is 0.259. The maximum Gasteiger partial charge on any atom is 0.258 e. The van der Waals surface area contributed by atoms with Crippen molar-refractivity contribution in [2.24, 2.45) is 0 Å². The number of aryl methyl sites for hydroxylation is 1. The van der Waals surface area contributed by atoms with Crippen LogP contribution in [-0.2, 0) is 5.54 Å². The summed E-state index contributed by atoms with van der Waals surface area (Å²) in [6.45, 7) is 4.40. The Balaban J connectivity index is 1.63. The zero-order chi connectivity index (χ0) is 24.0. The van der Waals surface area contributed by atoms with E-state index in [2.05, 4.69) is 4.98 Å². The summed E-state index contributed by atoms with van der Waals surface area (Å²) in [5.41, 5.74) is 3.10. The molecule has 1 unspecified atom stereocenters. The zero-order valence-electron chi connectivity index (χ0n) is 19.3. The van der Waals surface area contributed by atoms with E-state index in [1.165, 1.54) is 7.11 Å². The number of hydrogen-bond donors (Lipinski definition) is 1. The molecule has 1 saturated heterocycles. The van der Waals surface area contributed by atoms with Gasteiger partial charge in [-0.1, -0.05) is 41.9 Å². The molecule has 2 heterocycles. The lowest BCUT2D eigenvalue weighted by atomic mass is 9.94. The van der Waals surface area contributed by atoms with Crippen LogP contribution in [0.3, 0.4) is 0 Å². The predicted molar refractivity (Wildman–Crippen MR) is 132 cm³/mol. The number of halogens is 2. The monoisotopic (exact) mass is 477 g/mol. The molecule has 34 heavy (non-hydrogen) atoms. The molecule has 0 bridgehead atoms. The van der Waals surface area contributed by atoms with Crippen molar-refractivity contribution in [3.05, 3.63) is 82.4 Å². The topological polar surface area (TPSA) is 58.2 Å². The first kappa shape index (κ1) is 22.4. The fourth-order valence-electron chi connectivity index (χ4n) is 4.89. The van der Waals surface area contributed by atoms with Crippen molar-refractivity contribution in [2.75, 3.05) is 13.7 Å². The van der Waals surface area contributed by atoms with Crippen molar-refractivity contribution >= 4 is 28.5 Å². The first-order valence-electron chi connectivity index (χ1n) is 11.2. The van der Waals surface area contributed by atoms with Gasteiger partial charge in [0.1, 0.15) is 5.82 Å². The van der Waals surface area contributed by atoms with Gasteiger partial charge in [-0.3, -0.25) is 4.79 Å². The zero-order valence-corrected chi connectivity index (χ0v) is 20.0. The molecular weight excluding hydrogens is 453 g/mol. The second-order valence-corrected chi connectivity index (χ2v) is 9.27. The van der Waals surface area contributed by atoms with Gasteiger partial charge in [0.05, 0.1) is 29.2 Å². The van der Waals surface area contributed by atoms with Crippen LogP contribution in [0.4, 0.5) is 4.39 Å². The van der Waals surface area contributed by atoms with E-state index >= 15 is 4.39 Å². The third kappa shape index (κ3) is 3.44. The average molecular weight is 478 g/mol. The van der Waals surface area contributed by atoms with Gasteiger partial charge in [0, 0.05) is 11.6 Å². The van der Waals surface area contributed by atoms with Crippen LogP contribution < -0.4 is 4.74 Å². The van der Waals surface area contributed by atoms with Gasteiger partial charge in [0.25, 0.3) is 5.91 Å². The minimum absolute atomic E-state index is 0.00834. The number of aromatic amines is 1. The van der Waals surface area contributed by atoms with Crippen molar-refractivity contribution in [2.45, 2.75) is 32.2 Å². The minimum Gasteiger partial charge on any atom is -0.494 e. The Morgan fingerprint density at radius 3 is 2.68 bits per heavy atom. The maximum atomic E-state index is 15.6. The number of hydrogen-bond acceptors (Lipinski definition) is 3. The highest BCUT2D eigenvalue weighted by atomic mass is 35.5. The molecule has 1 aliphatic heterocycles. The minimum atomic E-state index is -0.724. The number of nitrogens with one attached hydrogen (secondary N) is 1. The average Bonchev–Trinajstić information content (AvgIpc) is 3.47. The molecule has 5 rings (SSSR count). The van der Waals surface area contributed by atoms with Gasteiger partial charge in [-0.25, -0.2) is 9.37 Å². The number of imidazole rings is 1. The largest absolute Gasteiger partial charge is 0.494 e. The first-order valence-corrected chi connectivity index (χ1v) is 11.6. The third-order valence-corrected chi connectivity index (χ3v) is 7.27. The van der Waals surface area contributed by atoms with Gasteiger partial charge in [-0.2, -0.15) is 0 Å². The van der Waals surface area contributed by atoms with E-state index in [1.807, 2.05) is 56.3 Å². The molecule has 3 aromatic carbocycles. The summed E-state index contributed by atoms with van der Waals surface area (Å²) in [6.07, 6.45) is 1.49. The summed E-state index contributed by atoms with van der Waals surface area (Å²) in [5.74, 6) is -0.331. The third-order valence-electron chi connectivity index (χ3n) is 6.86. The molecule has 5 nitrogen and oxygen atoms in total. The van der Waals surface area contributed by atoms with Crippen LogP contribution in [0.2, 0.25) is 5.02 Å². The van der Waals surface area contributed by atoms with Crippen LogP contribution in [0.25, 0.3) is 22.2 Å². The molecule has 1 aromatic heterocycles. The van der Waals surface area contributed by atoms with Gasteiger partial charge in [-0.05, 0) is 67.6 Å². The number of likely N-dealkylation sites (tertiary alicyclic amines) is 1. The Morgan fingerprint density at radius 1 is 1.18 bits per heavy atom. The molecule has 4 aromatic rings. The van der Waals surface area contributed by atoms with E-state index in [4.69, 9.17) is 21.3 Å². The lowest BCUT2D eigenvalue weighted by molar-refractivity contribution is 0.0601. The highest BCUT2D eigenvalue weighted by molar-refractivity contribution is 6.32. The first-order chi connectivity index (χ1) is 16.3. The molecule has 1 aliphatic rings. The Morgan fingerprint density at radius 2 is 1.94 bits per heavy atom. The summed E-state index contributed by atoms with van der Waals surface area (Å²) in [7, 11) is 1.40. The molecule has 0 radical (unpaired) electrons. The number of ether oxygens (including phenoxy) is 1. The van der Waals surface area contributed by atoms with Crippen LogP contribution >= 0.6 is 11.6 Å². The molecule has 7 heteroatoms. The van der Waals surface area contributed by atoms with Crippen LogP contribution in [0.15, 0.2) is 54.6 Å². The quantitative estimate of drug-likeness (QED) is 0.365. The number of amides is 1. The van der Waals surface area contributed by atoms with Crippen molar-refractivity contribution in [1.82, 2.24) is 14.9 Å². The SMILES string of the molecule is COc1ccc(-c2ccccc2)c(C(=O)N2CCCC2(C)c2nc3c(C)c(Cl)ccc3[nH]2)c1F. The number of fused-ring (bicyclic) bond motifs is 1.